The summed E-state index contributed by atoms with van der Waals surface area (Å²) in [7, 11) is 0. The Balaban J connectivity index is 3.50. The van der Waals surface area contributed by atoms with E-state index in [2.05, 4.69) is 13.8 Å². The van der Waals surface area contributed by atoms with E-state index in [1.54, 1.807) is 0 Å². The van der Waals surface area contributed by atoms with Gasteiger partial charge in [-0.3, -0.25) is 19.2 Å². The highest BCUT2D eigenvalue weighted by molar-refractivity contribution is 5.70. The van der Waals surface area contributed by atoms with Crippen LogP contribution in [0.1, 0.15) is 206 Å². The van der Waals surface area contributed by atoms with Gasteiger partial charge in [-0.05, 0) is 38.5 Å². The van der Waals surface area contributed by atoms with Crippen molar-refractivity contribution in [3.8, 4) is 0 Å². The number of aliphatic hydroxyl groups is 1. The normalized spacial score (nSPS) is 11.1. The number of rotatable bonds is 38. The highest BCUT2D eigenvalue weighted by Crippen LogP contribution is 2.12. The van der Waals surface area contributed by atoms with Crippen molar-refractivity contribution >= 4 is 23.9 Å². The molecule has 0 saturated heterocycles. The van der Waals surface area contributed by atoms with Crippen LogP contribution in [0.25, 0.3) is 0 Å². The molecule has 0 aromatic carbocycles. The van der Waals surface area contributed by atoms with E-state index in [9.17, 15) is 24.3 Å². The van der Waals surface area contributed by atoms with Crippen LogP contribution in [0, 0.1) is 0 Å². The van der Waals surface area contributed by atoms with E-state index in [0.29, 0.717) is 38.9 Å². The number of carbonyl (C=O) groups excluding carboxylic acids is 4. The minimum atomic E-state index is -1.05. The summed E-state index contributed by atoms with van der Waals surface area (Å²) in [5.74, 6) is -0.993. The van der Waals surface area contributed by atoms with Crippen LogP contribution in [0.4, 0.5) is 0 Å². The zero-order chi connectivity index (χ0) is 36.8. The summed E-state index contributed by atoms with van der Waals surface area (Å²) in [4.78, 5) is 47.7. The fourth-order valence-electron chi connectivity index (χ4n) is 5.70. The zero-order valence-corrected chi connectivity index (χ0v) is 32.3. The van der Waals surface area contributed by atoms with Gasteiger partial charge in [0.1, 0.15) is 19.3 Å². The van der Waals surface area contributed by atoms with Gasteiger partial charge in [-0.1, -0.05) is 142 Å². The molecule has 0 aliphatic heterocycles. The van der Waals surface area contributed by atoms with Crippen molar-refractivity contribution in [1.29, 1.82) is 0 Å². The highest BCUT2D eigenvalue weighted by Gasteiger charge is 2.12. The second kappa shape index (κ2) is 38.1. The second-order valence-corrected chi connectivity index (χ2v) is 13.9. The summed E-state index contributed by atoms with van der Waals surface area (Å²) in [5, 5.41) is 10.0. The first-order valence-electron chi connectivity index (χ1n) is 20.7. The zero-order valence-electron chi connectivity index (χ0n) is 32.3. The largest absolute Gasteiger partial charge is 0.466 e. The van der Waals surface area contributed by atoms with Gasteiger partial charge in [-0.2, -0.15) is 0 Å². The van der Waals surface area contributed by atoms with Gasteiger partial charge < -0.3 is 24.1 Å². The van der Waals surface area contributed by atoms with E-state index >= 15 is 0 Å². The molecule has 1 N–H and O–H groups in total. The molecule has 0 bridgehead atoms. The van der Waals surface area contributed by atoms with Gasteiger partial charge in [0, 0.05) is 25.7 Å². The summed E-state index contributed by atoms with van der Waals surface area (Å²) in [6.45, 7) is 5.10. The summed E-state index contributed by atoms with van der Waals surface area (Å²) < 4.78 is 20.9. The molecule has 0 rings (SSSR count). The van der Waals surface area contributed by atoms with Crippen molar-refractivity contribution in [3.63, 3.8) is 0 Å². The third-order valence-electron chi connectivity index (χ3n) is 8.92. The molecule has 9 nitrogen and oxygen atoms in total. The molecule has 0 fully saturated rings. The molecule has 0 unspecified atom stereocenters. The maximum atomic E-state index is 12.0. The first-order valence-corrected chi connectivity index (χ1v) is 20.7. The monoisotopic (exact) mass is 713 g/mol. The van der Waals surface area contributed by atoms with Crippen molar-refractivity contribution < 1.29 is 43.2 Å². The Morgan fingerprint density at radius 2 is 0.600 bits per heavy atom. The van der Waals surface area contributed by atoms with Crippen LogP contribution in [-0.2, 0) is 38.1 Å². The van der Waals surface area contributed by atoms with Crippen molar-refractivity contribution in [2.45, 2.75) is 213 Å². The SMILES string of the molecule is CCCCCCCCCCOC(=O)CCCCCCCC(=O)OCC(O)COC(=O)CCCCCCCC(=O)OCCCCCCCCCC. The van der Waals surface area contributed by atoms with E-state index in [1.165, 1.54) is 77.0 Å². The Morgan fingerprint density at radius 1 is 0.360 bits per heavy atom. The van der Waals surface area contributed by atoms with Gasteiger partial charge in [0.2, 0.25) is 0 Å². The second-order valence-electron chi connectivity index (χ2n) is 13.9. The van der Waals surface area contributed by atoms with Crippen LogP contribution < -0.4 is 0 Å². The molecular weight excluding hydrogens is 636 g/mol. The third-order valence-corrected chi connectivity index (χ3v) is 8.92. The van der Waals surface area contributed by atoms with Crippen molar-refractivity contribution in [2.24, 2.45) is 0 Å². The van der Waals surface area contributed by atoms with E-state index in [0.717, 1.165) is 77.0 Å². The predicted molar refractivity (Wildman–Crippen MR) is 200 cm³/mol. The Labute approximate surface area is 305 Å². The van der Waals surface area contributed by atoms with E-state index in [1.807, 2.05) is 0 Å². The van der Waals surface area contributed by atoms with E-state index in [4.69, 9.17) is 18.9 Å². The standard InChI is InChI=1S/C41H76O9/c1-3-5-7-9-11-13-21-27-33-47-38(43)29-23-17-15-19-25-31-40(45)49-35-37(42)36-50-41(46)32-26-20-16-18-24-30-39(44)48-34-28-22-14-12-10-8-6-4-2/h37,42H,3-36H2,1-2H3. The van der Waals surface area contributed by atoms with Gasteiger partial charge in [0.05, 0.1) is 13.2 Å². The molecule has 50 heavy (non-hydrogen) atoms. The number of esters is 4. The molecule has 0 amide bonds. The van der Waals surface area contributed by atoms with Crippen LogP contribution in [0.5, 0.6) is 0 Å². The average molecular weight is 713 g/mol. The van der Waals surface area contributed by atoms with Crippen molar-refractivity contribution in [3.05, 3.63) is 0 Å². The van der Waals surface area contributed by atoms with Crippen LogP contribution >= 0.6 is 0 Å². The van der Waals surface area contributed by atoms with Gasteiger partial charge in [-0.25, -0.2) is 0 Å². The van der Waals surface area contributed by atoms with E-state index < -0.39 is 6.10 Å². The molecule has 0 aliphatic rings. The van der Waals surface area contributed by atoms with E-state index in [-0.39, 0.29) is 49.9 Å². The lowest BCUT2D eigenvalue weighted by Gasteiger charge is -2.12. The lowest BCUT2D eigenvalue weighted by Crippen LogP contribution is -2.25. The van der Waals surface area contributed by atoms with Gasteiger partial charge in [0.15, 0.2) is 0 Å². The summed E-state index contributed by atoms with van der Waals surface area (Å²) in [5.41, 5.74) is 0. The minimum Gasteiger partial charge on any atom is -0.466 e. The third kappa shape index (κ3) is 37.1. The number of aliphatic hydroxyl groups excluding tert-OH is 1. The van der Waals surface area contributed by atoms with Gasteiger partial charge in [-0.15, -0.1) is 0 Å². The predicted octanol–water partition coefficient (Wildman–Crippen LogP) is 10.3. The Morgan fingerprint density at radius 3 is 0.900 bits per heavy atom. The first kappa shape index (κ1) is 47.8. The lowest BCUT2D eigenvalue weighted by atomic mass is 10.1. The Bertz CT molecular complexity index is 737. The van der Waals surface area contributed by atoms with Crippen molar-refractivity contribution in [2.75, 3.05) is 26.4 Å². The maximum absolute atomic E-state index is 12.0. The maximum Gasteiger partial charge on any atom is 0.305 e. The molecule has 0 radical (unpaired) electrons. The number of ether oxygens (including phenoxy) is 4. The van der Waals surface area contributed by atoms with Crippen molar-refractivity contribution in [1.82, 2.24) is 0 Å². The molecular formula is C41H76O9. The Hall–Kier alpha value is -2.16. The minimum absolute atomic E-state index is 0.118. The van der Waals surface area contributed by atoms with Crippen LogP contribution in [0.2, 0.25) is 0 Å². The topological polar surface area (TPSA) is 125 Å². The lowest BCUT2D eigenvalue weighted by molar-refractivity contribution is -0.152. The number of carbonyl (C=O) groups is 4. The summed E-state index contributed by atoms with van der Waals surface area (Å²) in [6.07, 6.45) is 28.4. The molecule has 0 aliphatic carbocycles. The fourth-order valence-corrected chi connectivity index (χ4v) is 5.70. The molecule has 294 valence electrons. The first-order chi connectivity index (χ1) is 24.4. The van der Waals surface area contributed by atoms with Gasteiger partial charge in [0.25, 0.3) is 0 Å². The summed E-state index contributed by atoms with van der Waals surface area (Å²) in [6, 6.07) is 0. The molecule has 0 saturated carbocycles. The molecule has 0 atom stereocenters. The summed E-state index contributed by atoms with van der Waals surface area (Å²) >= 11 is 0. The smallest absolute Gasteiger partial charge is 0.305 e. The molecule has 0 aromatic heterocycles. The molecule has 9 heteroatoms. The van der Waals surface area contributed by atoms with Crippen LogP contribution in [0.15, 0.2) is 0 Å². The average Bonchev–Trinajstić information content (AvgIpc) is 3.10. The Kier molecular flexibility index (Phi) is 36.4. The molecule has 0 spiro atoms. The van der Waals surface area contributed by atoms with Crippen LogP contribution in [-0.4, -0.2) is 61.5 Å². The quantitative estimate of drug-likeness (QED) is 0.0378. The van der Waals surface area contributed by atoms with Gasteiger partial charge >= 0.3 is 23.9 Å². The molecule has 0 heterocycles. The fraction of sp³-hybridized carbons (Fsp3) is 0.902. The highest BCUT2D eigenvalue weighted by atomic mass is 16.6. The molecule has 0 aromatic rings. The number of unbranched alkanes of at least 4 members (excludes halogenated alkanes) is 22. The number of hydrogen-bond donors (Lipinski definition) is 1. The number of hydrogen-bond acceptors (Lipinski definition) is 9. The van der Waals surface area contributed by atoms with Crippen LogP contribution in [0.3, 0.4) is 0 Å².